The summed E-state index contributed by atoms with van der Waals surface area (Å²) < 4.78 is 6.45. The molecule has 0 aromatic heterocycles. The molecule has 1 N–H and O–H groups in total. The summed E-state index contributed by atoms with van der Waals surface area (Å²) in [4.78, 5) is 17.9. The molecule has 1 amide bonds. The quantitative estimate of drug-likeness (QED) is 0.354. The normalized spacial score (nSPS) is 20.6. The molecule has 0 spiro atoms. The van der Waals surface area contributed by atoms with Crippen molar-refractivity contribution < 1.29 is 9.53 Å². The third kappa shape index (κ3) is 7.71. The van der Waals surface area contributed by atoms with E-state index in [2.05, 4.69) is 82.7 Å². The van der Waals surface area contributed by atoms with E-state index in [4.69, 9.17) is 4.74 Å². The van der Waals surface area contributed by atoms with Crippen LogP contribution in [0.15, 0.2) is 84.9 Å². The van der Waals surface area contributed by atoms with Crippen molar-refractivity contribution in [3.63, 3.8) is 0 Å². The summed E-state index contributed by atoms with van der Waals surface area (Å²) in [7, 11) is 0. The highest BCUT2D eigenvalue weighted by Gasteiger charge is 2.25. The van der Waals surface area contributed by atoms with Gasteiger partial charge in [0.05, 0.1) is 0 Å². The lowest BCUT2D eigenvalue weighted by molar-refractivity contribution is 0.0860. The monoisotopic (exact) mass is 525 g/mol. The summed E-state index contributed by atoms with van der Waals surface area (Å²) in [6, 6.07) is 29.9. The first-order valence-corrected chi connectivity index (χ1v) is 14.8. The molecule has 2 aliphatic heterocycles. The average molecular weight is 526 g/mol. The fraction of sp³-hybridized carbons (Fsp3) is 0.441. The van der Waals surface area contributed by atoms with E-state index < -0.39 is 0 Å². The minimum atomic E-state index is -0.0241. The lowest BCUT2D eigenvalue weighted by atomic mass is 9.90. The zero-order valence-corrected chi connectivity index (χ0v) is 23.3. The van der Waals surface area contributed by atoms with Crippen molar-refractivity contribution in [3.05, 3.63) is 102 Å². The number of benzene rings is 3. The molecule has 2 atom stereocenters. The van der Waals surface area contributed by atoms with Crippen molar-refractivity contribution >= 4 is 5.91 Å². The molecule has 2 saturated heterocycles. The molecule has 3 aromatic carbocycles. The highest BCUT2D eigenvalue weighted by Crippen LogP contribution is 2.28. The number of nitrogens with one attached hydrogen (secondary N) is 1. The molecule has 5 heteroatoms. The lowest BCUT2D eigenvalue weighted by Gasteiger charge is -2.35. The average Bonchev–Trinajstić information content (AvgIpc) is 2.98. The molecule has 5 nitrogen and oxygen atoms in total. The third-order valence-corrected chi connectivity index (χ3v) is 8.33. The molecule has 5 rings (SSSR count). The molecular weight excluding hydrogens is 482 g/mol. The fourth-order valence-corrected chi connectivity index (χ4v) is 6.12. The maximum Gasteiger partial charge on any atom is 0.251 e. The molecule has 2 unspecified atom stereocenters. The number of nitrogens with zero attached hydrogens (tertiary/aromatic N) is 2. The Morgan fingerprint density at radius 1 is 0.897 bits per heavy atom. The fourth-order valence-electron chi connectivity index (χ4n) is 6.12. The van der Waals surface area contributed by atoms with Crippen molar-refractivity contribution in [1.29, 1.82) is 0 Å². The van der Waals surface area contributed by atoms with Crippen LogP contribution in [0.3, 0.4) is 0 Å². The van der Waals surface area contributed by atoms with Crippen LogP contribution in [-0.4, -0.2) is 67.1 Å². The molecule has 2 aliphatic rings. The van der Waals surface area contributed by atoms with Crippen LogP contribution in [0.1, 0.15) is 66.4 Å². The topological polar surface area (TPSA) is 44.8 Å². The number of hydrogen-bond acceptors (Lipinski definition) is 4. The van der Waals surface area contributed by atoms with E-state index in [9.17, 15) is 4.79 Å². The highest BCUT2D eigenvalue weighted by atomic mass is 16.5. The Hall–Kier alpha value is -3.15. The van der Waals surface area contributed by atoms with Crippen LogP contribution in [0.25, 0.3) is 0 Å². The molecule has 0 radical (unpaired) electrons. The molecule has 0 aliphatic carbocycles. The summed E-state index contributed by atoms with van der Waals surface area (Å²) in [6.45, 7) is 7.94. The van der Waals surface area contributed by atoms with Crippen LogP contribution in [0.5, 0.6) is 5.75 Å². The van der Waals surface area contributed by atoms with Gasteiger partial charge in [0, 0.05) is 43.7 Å². The van der Waals surface area contributed by atoms with Crippen LogP contribution in [0.2, 0.25) is 0 Å². The van der Waals surface area contributed by atoms with Crippen LogP contribution in [0, 0.1) is 0 Å². The van der Waals surface area contributed by atoms with E-state index in [-0.39, 0.29) is 12.0 Å². The van der Waals surface area contributed by atoms with Gasteiger partial charge in [-0.3, -0.25) is 14.6 Å². The van der Waals surface area contributed by atoms with E-state index >= 15 is 0 Å². The maximum atomic E-state index is 12.9. The third-order valence-electron chi connectivity index (χ3n) is 8.33. The van der Waals surface area contributed by atoms with E-state index in [0.29, 0.717) is 24.1 Å². The predicted octanol–water partition coefficient (Wildman–Crippen LogP) is 5.97. The zero-order valence-electron chi connectivity index (χ0n) is 23.3. The Morgan fingerprint density at radius 2 is 1.64 bits per heavy atom. The Bertz CT molecular complexity index is 1130. The minimum absolute atomic E-state index is 0.0241. The first-order valence-electron chi connectivity index (χ1n) is 14.8. The molecule has 0 bridgehead atoms. The van der Waals surface area contributed by atoms with Crippen LogP contribution in [-0.2, 0) is 0 Å². The van der Waals surface area contributed by atoms with Gasteiger partial charge in [0.25, 0.3) is 5.91 Å². The van der Waals surface area contributed by atoms with Gasteiger partial charge in [-0.05, 0) is 75.0 Å². The maximum absolute atomic E-state index is 12.9. The molecule has 3 aromatic rings. The number of amides is 1. The van der Waals surface area contributed by atoms with Gasteiger partial charge in [0.1, 0.15) is 11.9 Å². The summed E-state index contributed by atoms with van der Waals surface area (Å²) in [5.74, 6) is 1.08. The van der Waals surface area contributed by atoms with Crippen LogP contribution in [0.4, 0.5) is 0 Å². The van der Waals surface area contributed by atoms with E-state index in [1.165, 1.54) is 30.4 Å². The lowest BCUT2D eigenvalue weighted by Crippen LogP contribution is -2.43. The number of carbonyl (C=O) groups excluding carboxylic acids is 1. The van der Waals surface area contributed by atoms with Crippen LogP contribution < -0.4 is 10.1 Å². The smallest absolute Gasteiger partial charge is 0.251 e. The number of ether oxygens (including phenoxy) is 1. The van der Waals surface area contributed by atoms with Gasteiger partial charge in [-0.1, -0.05) is 73.2 Å². The summed E-state index contributed by atoms with van der Waals surface area (Å²) in [5.41, 5.74) is 3.36. The van der Waals surface area contributed by atoms with E-state index in [1.54, 1.807) is 0 Å². The molecule has 2 heterocycles. The Kier molecular flexibility index (Phi) is 9.68. The van der Waals surface area contributed by atoms with Gasteiger partial charge in [-0.2, -0.15) is 0 Å². The van der Waals surface area contributed by atoms with Gasteiger partial charge in [0.15, 0.2) is 0 Å². The second kappa shape index (κ2) is 13.8. The minimum Gasteiger partial charge on any atom is -0.489 e. The number of carbonyl (C=O) groups is 1. The predicted molar refractivity (Wildman–Crippen MR) is 158 cm³/mol. The first kappa shape index (κ1) is 27.4. The van der Waals surface area contributed by atoms with Gasteiger partial charge in [0.2, 0.25) is 0 Å². The van der Waals surface area contributed by atoms with Gasteiger partial charge >= 0.3 is 0 Å². The van der Waals surface area contributed by atoms with Crippen molar-refractivity contribution in [2.75, 3.05) is 39.3 Å². The Morgan fingerprint density at radius 3 is 2.36 bits per heavy atom. The van der Waals surface area contributed by atoms with Crippen molar-refractivity contribution in [1.82, 2.24) is 15.1 Å². The highest BCUT2D eigenvalue weighted by molar-refractivity contribution is 5.94. The second-order valence-corrected chi connectivity index (χ2v) is 11.2. The molecule has 2 fully saturated rings. The second-order valence-electron chi connectivity index (χ2n) is 11.2. The van der Waals surface area contributed by atoms with E-state index in [0.717, 1.165) is 51.3 Å². The number of piperidine rings is 2. The van der Waals surface area contributed by atoms with E-state index in [1.807, 2.05) is 24.3 Å². The van der Waals surface area contributed by atoms with Gasteiger partial charge in [-0.15, -0.1) is 0 Å². The summed E-state index contributed by atoms with van der Waals surface area (Å²) in [5, 5.41) is 3.11. The largest absolute Gasteiger partial charge is 0.489 e. The summed E-state index contributed by atoms with van der Waals surface area (Å²) >= 11 is 0. The van der Waals surface area contributed by atoms with Crippen molar-refractivity contribution in [2.24, 2.45) is 0 Å². The molecule has 206 valence electrons. The van der Waals surface area contributed by atoms with Crippen LogP contribution >= 0.6 is 0 Å². The number of rotatable bonds is 10. The summed E-state index contributed by atoms with van der Waals surface area (Å²) in [6.07, 6.45) is 6.08. The van der Waals surface area contributed by atoms with Gasteiger partial charge in [-0.25, -0.2) is 0 Å². The Balaban J connectivity index is 1.16. The first-order chi connectivity index (χ1) is 19.2. The zero-order chi connectivity index (χ0) is 26.9. The van der Waals surface area contributed by atoms with Crippen molar-refractivity contribution in [2.45, 2.75) is 57.1 Å². The molecular formula is C34H43N3O2. The molecule has 0 saturated carbocycles. The van der Waals surface area contributed by atoms with Gasteiger partial charge < -0.3 is 10.1 Å². The number of hydrogen-bond donors (Lipinski definition) is 1. The van der Waals surface area contributed by atoms with Crippen molar-refractivity contribution in [3.8, 4) is 5.75 Å². The number of likely N-dealkylation sites (tertiary alicyclic amines) is 2. The SMILES string of the molecule is CC1CCCCN1CCNC(=O)c1cccc(OC2CCCN(CC(c3ccccc3)c3ccccc3)C2)c1. The molecule has 39 heavy (non-hydrogen) atoms. The Labute approximate surface area is 234 Å². The standard InChI is InChI=1S/C34H43N3O2/c1-27-12-8-9-22-37(27)23-20-35-34(38)30-17-10-18-31(24-30)39-32-19-11-21-36(25-32)26-33(28-13-4-2-5-14-28)29-15-6-3-7-16-29/h2-7,10,13-18,24,27,32-33H,8-9,11-12,19-23,25-26H2,1H3,(H,35,38).